The summed E-state index contributed by atoms with van der Waals surface area (Å²) in [6.07, 6.45) is -0.248. The number of halogens is 2. The molecule has 0 amide bonds. The molecule has 0 aliphatic carbocycles. The third-order valence-corrected chi connectivity index (χ3v) is 3.75. The van der Waals surface area contributed by atoms with E-state index in [0.29, 0.717) is 28.7 Å². The summed E-state index contributed by atoms with van der Waals surface area (Å²) in [6.45, 7) is 3.34. The van der Waals surface area contributed by atoms with Gasteiger partial charge in [0, 0.05) is 23.7 Å². The quantitative estimate of drug-likeness (QED) is 0.865. The van der Waals surface area contributed by atoms with Gasteiger partial charge >= 0.3 is 0 Å². The summed E-state index contributed by atoms with van der Waals surface area (Å²) in [7, 11) is 0. The van der Waals surface area contributed by atoms with E-state index in [-0.39, 0.29) is 31.1 Å². The highest BCUT2D eigenvalue weighted by Crippen LogP contribution is 2.22. The molecule has 1 N–H and O–H groups in total. The second-order valence-corrected chi connectivity index (χ2v) is 5.84. The van der Waals surface area contributed by atoms with Crippen LogP contribution < -0.4 is 0 Å². The van der Waals surface area contributed by atoms with Gasteiger partial charge in [-0.25, -0.2) is 0 Å². The topological polar surface area (TPSA) is 49.8 Å². The van der Waals surface area contributed by atoms with Crippen LogP contribution in [0.2, 0.25) is 10.0 Å². The molecule has 110 valence electrons. The molecule has 2 unspecified atom stereocenters. The Labute approximate surface area is 128 Å². The number of carbonyl (C=O) groups excluding carboxylic acids is 1. The molecule has 0 spiro atoms. The fourth-order valence-corrected chi connectivity index (χ4v) is 2.89. The molecule has 0 radical (unpaired) electrons. The van der Waals surface area contributed by atoms with Crippen LogP contribution in [0.4, 0.5) is 0 Å². The molecule has 1 heterocycles. The Kier molecular flexibility index (Phi) is 5.41. The second-order valence-electron chi connectivity index (χ2n) is 4.99. The minimum absolute atomic E-state index is 0.00519. The molecule has 2 atom stereocenters. The molecule has 1 aliphatic rings. The van der Waals surface area contributed by atoms with E-state index in [1.54, 1.807) is 18.2 Å². The van der Waals surface area contributed by atoms with Crippen molar-refractivity contribution < 1.29 is 14.6 Å². The Hall–Kier alpha value is -0.650. The molecule has 4 nitrogen and oxygen atoms in total. The molecule has 1 fully saturated rings. The van der Waals surface area contributed by atoms with Crippen molar-refractivity contribution >= 4 is 29.0 Å². The molecule has 0 bridgehead atoms. The Morgan fingerprint density at radius 3 is 2.85 bits per heavy atom. The predicted molar refractivity (Wildman–Crippen MR) is 78.7 cm³/mol. The number of aliphatic hydroxyl groups excluding tert-OH is 1. The van der Waals surface area contributed by atoms with Crippen molar-refractivity contribution in [2.45, 2.75) is 19.1 Å². The van der Waals surface area contributed by atoms with Gasteiger partial charge in [-0.3, -0.25) is 9.69 Å². The third-order valence-electron chi connectivity index (χ3n) is 3.20. The Morgan fingerprint density at radius 2 is 2.20 bits per heavy atom. The van der Waals surface area contributed by atoms with Crippen molar-refractivity contribution in [2.24, 2.45) is 0 Å². The maximum Gasteiger partial charge on any atom is 0.178 e. The monoisotopic (exact) mass is 317 g/mol. The van der Waals surface area contributed by atoms with Crippen LogP contribution >= 0.6 is 23.2 Å². The van der Waals surface area contributed by atoms with E-state index in [4.69, 9.17) is 27.9 Å². The summed E-state index contributed by atoms with van der Waals surface area (Å²) in [5.74, 6) is -0.0579. The maximum absolute atomic E-state index is 12.3. The number of Topliss-reactive ketones (excluding diaryl/α,β-unsaturated/α-hetero) is 1. The Bertz CT molecular complexity index is 495. The normalized spacial score (nSPS) is 23.8. The van der Waals surface area contributed by atoms with Crippen LogP contribution in [0.25, 0.3) is 0 Å². The van der Waals surface area contributed by atoms with Crippen LogP contribution in [0.1, 0.15) is 17.3 Å². The minimum Gasteiger partial charge on any atom is -0.394 e. The van der Waals surface area contributed by atoms with Crippen molar-refractivity contribution in [3.8, 4) is 0 Å². The van der Waals surface area contributed by atoms with E-state index >= 15 is 0 Å². The first kappa shape index (κ1) is 15.7. The number of ketones is 1. The fourth-order valence-electron chi connectivity index (χ4n) is 2.37. The largest absolute Gasteiger partial charge is 0.394 e. The van der Waals surface area contributed by atoms with Crippen molar-refractivity contribution in [1.82, 2.24) is 4.90 Å². The number of nitrogens with zero attached hydrogens (tertiary/aromatic N) is 1. The van der Waals surface area contributed by atoms with E-state index in [0.717, 1.165) is 0 Å². The van der Waals surface area contributed by atoms with Gasteiger partial charge in [-0.05, 0) is 25.1 Å². The number of rotatable bonds is 4. The van der Waals surface area contributed by atoms with Gasteiger partial charge in [0.15, 0.2) is 5.78 Å². The first-order chi connectivity index (χ1) is 9.49. The highest BCUT2D eigenvalue weighted by molar-refractivity contribution is 6.36. The molecular formula is C14H17Cl2NO3. The predicted octanol–water partition coefficient (Wildman–Crippen LogP) is 2.26. The lowest BCUT2D eigenvalue weighted by molar-refractivity contribution is -0.0926. The Morgan fingerprint density at radius 1 is 1.45 bits per heavy atom. The number of hydrogen-bond donors (Lipinski definition) is 1. The molecular weight excluding hydrogens is 301 g/mol. The average Bonchev–Trinajstić information content (AvgIpc) is 2.37. The van der Waals surface area contributed by atoms with Gasteiger partial charge in [-0.2, -0.15) is 0 Å². The smallest absolute Gasteiger partial charge is 0.178 e. The summed E-state index contributed by atoms with van der Waals surface area (Å²) < 4.78 is 5.55. The molecule has 0 aromatic heterocycles. The molecule has 1 aliphatic heterocycles. The lowest BCUT2D eigenvalue weighted by Crippen LogP contribution is -2.49. The summed E-state index contributed by atoms with van der Waals surface area (Å²) in [6, 6.07) is 4.86. The molecule has 2 rings (SSSR count). The number of ether oxygens (including phenoxy) is 1. The molecule has 1 aromatic carbocycles. The van der Waals surface area contributed by atoms with Crippen molar-refractivity contribution in [1.29, 1.82) is 0 Å². The number of hydrogen-bond acceptors (Lipinski definition) is 4. The summed E-state index contributed by atoms with van der Waals surface area (Å²) in [5, 5.41) is 10.0. The minimum atomic E-state index is -0.243. The summed E-state index contributed by atoms with van der Waals surface area (Å²) >= 11 is 11.9. The zero-order valence-electron chi connectivity index (χ0n) is 11.2. The van der Waals surface area contributed by atoms with E-state index in [1.807, 2.05) is 11.8 Å². The first-order valence-electron chi connectivity index (χ1n) is 6.46. The van der Waals surface area contributed by atoms with Gasteiger partial charge in [0.25, 0.3) is 0 Å². The molecule has 0 saturated carbocycles. The van der Waals surface area contributed by atoms with Crippen LogP contribution in [0.3, 0.4) is 0 Å². The van der Waals surface area contributed by atoms with Crippen LogP contribution in [-0.2, 0) is 4.74 Å². The number of aliphatic hydroxyl groups is 1. The highest BCUT2D eigenvalue weighted by atomic mass is 35.5. The van der Waals surface area contributed by atoms with Crippen LogP contribution in [0, 0.1) is 0 Å². The number of morpholine rings is 1. The maximum atomic E-state index is 12.3. The van der Waals surface area contributed by atoms with Gasteiger partial charge in [0.2, 0.25) is 0 Å². The fraction of sp³-hybridized carbons (Fsp3) is 0.500. The van der Waals surface area contributed by atoms with Crippen molar-refractivity contribution in [3.05, 3.63) is 33.8 Å². The summed E-state index contributed by atoms with van der Waals surface area (Å²) in [5.41, 5.74) is 0.468. The van der Waals surface area contributed by atoms with Crippen molar-refractivity contribution in [3.63, 3.8) is 0 Å². The van der Waals surface area contributed by atoms with Gasteiger partial charge in [-0.1, -0.05) is 23.2 Å². The first-order valence-corrected chi connectivity index (χ1v) is 7.22. The number of benzene rings is 1. The van der Waals surface area contributed by atoms with E-state index in [9.17, 15) is 9.90 Å². The van der Waals surface area contributed by atoms with Crippen LogP contribution in [0.5, 0.6) is 0 Å². The van der Waals surface area contributed by atoms with Gasteiger partial charge in [-0.15, -0.1) is 0 Å². The molecule has 6 heteroatoms. The molecule has 1 aromatic rings. The zero-order chi connectivity index (χ0) is 14.7. The molecule has 20 heavy (non-hydrogen) atoms. The lowest BCUT2D eigenvalue weighted by atomic mass is 10.1. The SMILES string of the molecule is CC1CN(CC(=O)c2ccc(Cl)cc2Cl)CC(CO)O1. The zero-order valence-corrected chi connectivity index (χ0v) is 12.7. The van der Waals surface area contributed by atoms with Crippen molar-refractivity contribution in [2.75, 3.05) is 26.2 Å². The highest BCUT2D eigenvalue weighted by Gasteiger charge is 2.26. The molecule has 1 saturated heterocycles. The van der Waals surface area contributed by atoms with E-state index in [2.05, 4.69) is 0 Å². The third kappa shape index (κ3) is 3.93. The van der Waals surface area contributed by atoms with E-state index in [1.165, 1.54) is 0 Å². The average molecular weight is 318 g/mol. The van der Waals surface area contributed by atoms with Gasteiger partial charge in [0.1, 0.15) is 0 Å². The van der Waals surface area contributed by atoms with Crippen LogP contribution in [-0.4, -0.2) is 54.2 Å². The Balaban J connectivity index is 2.03. The standard InChI is InChI=1S/C14H17Cl2NO3/c1-9-5-17(6-11(8-18)20-9)7-14(19)12-3-2-10(15)4-13(12)16/h2-4,9,11,18H,5-8H2,1H3. The lowest BCUT2D eigenvalue weighted by Gasteiger charge is -2.35. The van der Waals surface area contributed by atoms with Crippen LogP contribution in [0.15, 0.2) is 18.2 Å². The summed E-state index contributed by atoms with van der Waals surface area (Å²) in [4.78, 5) is 14.2. The second kappa shape index (κ2) is 6.87. The van der Waals surface area contributed by atoms with Gasteiger partial charge < -0.3 is 9.84 Å². The van der Waals surface area contributed by atoms with Gasteiger partial charge in [0.05, 0.1) is 30.4 Å². The number of carbonyl (C=O) groups is 1. The van der Waals surface area contributed by atoms with E-state index < -0.39 is 0 Å².